The van der Waals surface area contributed by atoms with Crippen LogP contribution in [0.5, 0.6) is 0 Å². The van der Waals surface area contributed by atoms with Crippen molar-refractivity contribution in [3.05, 3.63) is 54.2 Å². The number of hydrogen-bond acceptors (Lipinski definition) is 5. The molecular formula is C17H18N4O4. The lowest BCUT2D eigenvalue weighted by Crippen LogP contribution is -2.44. The molecule has 0 unspecified atom stereocenters. The second-order valence-corrected chi connectivity index (χ2v) is 5.97. The number of hydrogen-bond donors (Lipinski definition) is 2. The molecule has 0 saturated carbocycles. The summed E-state index contributed by atoms with van der Waals surface area (Å²) in [6, 6.07) is 7.55. The lowest BCUT2D eigenvalue weighted by atomic mass is 9.97. The van der Waals surface area contributed by atoms with Crippen LogP contribution in [-0.4, -0.2) is 34.3 Å². The zero-order valence-electron chi connectivity index (χ0n) is 13.9. The topological polar surface area (TPSA) is 105 Å². The largest absolute Gasteiger partial charge is 0.467 e. The van der Waals surface area contributed by atoms with E-state index in [-0.39, 0.29) is 12.6 Å². The molecule has 0 bridgehead atoms. The normalized spacial score (nSPS) is 21.1. The third-order valence-corrected chi connectivity index (χ3v) is 4.10. The average Bonchev–Trinajstić information content (AvgIpc) is 3.20. The Morgan fingerprint density at radius 2 is 2.16 bits per heavy atom. The molecule has 130 valence electrons. The molecule has 0 spiro atoms. The van der Waals surface area contributed by atoms with E-state index < -0.39 is 23.4 Å². The summed E-state index contributed by atoms with van der Waals surface area (Å²) in [4.78, 5) is 42.1. The molecule has 25 heavy (non-hydrogen) atoms. The summed E-state index contributed by atoms with van der Waals surface area (Å²) in [7, 11) is 0. The minimum Gasteiger partial charge on any atom is -0.467 e. The predicted molar refractivity (Wildman–Crippen MR) is 87.1 cm³/mol. The first-order chi connectivity index (χ1) is 11.9. The molecular weight excluding hydrogens is 324 g/mol. The van der Waals surface area contributed by atoms with Crippen LogP contribution < -0.4 is 10.6 Å². The molecule has 0 radical (unpaired) electrons. The van der Waals surface area contributed by atoms with E-state index in [4.69, 9.17) is 4.42 Å². The molecule has 0 aliphatic carbocycles. The third-order valence-electron chi connectivity index (χ3n) is 4.10. The van der Waals surface area contributed by atoms with Crippen molar-refractivity contribution in [2.75, 3.05) is 6.54 Å². The third kappa shape index (κ3) is 3.10. The summed E-state index contributed by atoms with van der Waals surface area (Å²) in [5, 5.41) is 5.30. The van der Waals surface area contributed by atoms with Crippen molar-refractivity contribution in [3.8, 4) is 0 Å². The van der Waals surface area contributed by atoms with Crippen molar-refractivity contribution in [3.63, 3.8) is 0 Å². The Hall–Kier alpha value is -3.16. The van der Waals surface area contributed by atoms with Crippen molar-refractivity contribution in [2.45, 2.75) is 25.4 Å². The van der Waals surface area contributed by atoms with Gasteiger partial charge in [-0.15, -0.1) is 0 Å². The Morgan fingerprint density at radius 1 is 1.36 bits per heavy atom. The lowest BCUT2D eigenvalue weighted by Gasteiger charge is -2.21. The fourth-order valence-electron chi connectivity index (χ4n) is 2.71. The van der Waals surface area contributed by atoms with Gasteiger partial charge in [-0.05, 0) is 38.1 Å². The van der Waals surface area contributed by atoms with Crippen molar-refractivity contribution in [1.82, 2.24) is 20.5 Å². The summed E-state index contributed by atoms with van der Waals surface area (Å²) < 4.78 is 5.22. The summed E-state index contributed by atoms with van der Waals surface area (Å²) in [5.41, 5.74) is -0.870. The second-order valence-electron chi connectivity index (χ2n) is 5.97. The van der Waals surface area contributed by atoms with Crippen molar-refractivity contribution >= 4 is 17.8 Å². The predicted octanol–water partition coefficient (Wildman–Crippen LogP) is 1.32. The average molecular weight is 342 g/mol. The first kappa shape index (κ1) is 16.7. The Balaban J connectivity index is 1.70. The van der Waals surface area contributed by atoms with Gasteiger partial charge in [0.15, 0.2) is 5.54 Å². The molecule has 3 heterocycles. The van der Waals surface area contributed by atoms with Crippen molar-refractivity contribution in [1.29, 1.82) is 0 Å². The van der Waals surface area contributed by atoms with Crippen LogP contribution in [0.3, 0.4) is 0 Å². The van der Waals surface area contributed by atoms with Gasteiger partial charge in [-0.1, -0.05) is 6.07 Å². The molecule has 1 aliphatic heterocycles. The number of aromatic nitrogens is 1. The smallest absolute Gasteiger partial charge is 0.325 e. The van der Waals surface area contributed by atoms with Gasteiger partial charge in [0, 0.05) is 6.20 Å². The molecule has 0 aromatic carbocycles. The Labute approximate surface area is 144 Å². The first-order valence-corrected chi connectivity index (χ1v) is 7.80. The molecule has 1 saturated heterocycles. The highest BCUT2D eigenvalue weighted by Crippen LogP contribution is 2.27. The molecule has 8 heteroatoms. The van der Waals surface area contributed by atoms with E-state index in [1.54, 1.807) is 50.4 Å². The molecule has 2 aromatic rings. The van der Waals surface area contributed by atoms with Gasteiger partial charge in [0.05, 0.1) is 18.0 Å². The molecule has 8 nitrogen and oxygen atoms in total. The Kier molecular flexibility index (Phi) is 4.26. The van der Waals surface area contributed by atoms with E-state index in [0.29, 0.717) is 11.5 Å². The molecule has 4 amide bonds. The van der Waals surface area contributed by atoms with Gasteiger partial charge in [-0.3, -0.25) is 19.5 Å². The van der Waals surface area contributed by atoms with Crippen LogP contribution in [0.15, 0.2) is 47.2 Å². The van der Waals surface area contributed by atoms with Gasteiger partial charge >= 0.3 is 6.03 Å². The van der Waals surface area contributed by atoms with Gasteiger partial charge in [-0.25, -0.2) is 4.79 Å². The SMILES string of the molecule is C[C@@H](NC(=O)CN1C(=O)N[C@@](C)(c2ccccn2)C1=O)c1ccco1. The van der Waals surface area contributed by atoms with Crippen molar-refractivity contribution in [2.24, 2.45) is 0 Å². The van der Waals surface area contributed by atoms with Gasteiger partial charge in [0.2, 0.25) is 5.91 Å². The van der Waals surface area contributed by atoms with Gasteiger partial charge < -0.3 is 15.1 Å². The Bertz CT molecular complexity index is 790. The maximum atomic E-state index is 12.7. The van der Waals surface area contributed by atoms with Gasteiger partial charge in [-0.2, -0.15) is 0 Å². The number of furan rings is 1. The molecule has 3 rings (SSSR count). The van der Waals surface area contributed by atoms with E-state index in [1.165, 1.54) is 6.26 Å². The fraction of sp³-hybridized carbons (Fsp3) is 0.294. The number of carbonyl (C=O) groups is 3. The summed E-state index contributed by atoms with van der Waals surface area (Å²) in [6.07, 6.45) is 3.05. The number of pyridine rings is 1. The highest BCUT2D eigenvalue weighted by Gasteiger charge is 2.50. The number of imide groups is 1. The van der Waals surface area contributed by atoms with Gasteiger partial charge in [0.1, 0.15) is 12.3 Å². The number of carbonyl (C=O) groups excluding carboxylic acids is 3. The molecule has 1 fully saturated rings. The number of rotatable bonds is 5. The van der Waals surface area contributed by atoms with E-state index in [9.17, 15) is 14.4 Å². The maximum absolute atomic E-state index is 12.7. The highest BCUT2D eigenvalue weighted by molar-refractivity contribution is 6.08. The van der Waals surface area contributed by atoms with Crippen LogP contribution in [0.25, 0.3) is 0 Å². The monoisotopic (exact) mass is 342 g/mol. The molecule has 2 aromatic heterocycles. The zero-order chi connectivity index (χ0) is 18.0. The van der Waals surface area contributed by atoms with E-state index in [0.717, 1.165) is 4.90 Å². The fourth-order valence-corrected chi connectivity index (χ4v) is 2.71. The van der Waals surface area contributed by atoms with Crippen LogP contribution in [0, 0.1) is 0 Å². The molecule has 2 atom stereocenters. The van der Waals surface area contributed by atoms with Crippen LogP contribution in [0.2, 0.25) is 0 Å². The minimum absolute atomic E-state index is 0.370. The zero-order valence-corrected chi connectivity index (χ0v) is 13.9. The van der Waals surface area contributed by atoms with Gasteiger partial charge in [0.25, 0.3) is 5.91 Å². The molecule has 1 aliphatic rings. The quantitative estimate of drug-likeness (QED) is 0.798. The van der Waals surface area contributed by atoms with E-state index in [1.807, 2.05) is 0 Å². The highest BCUT2D eigenvalue weighted by atomic mass is 16.3. The minimum atomic E-state index is -1.29. The summed E-state index contributed by atoms with van der Waals surface area (Å²) in [6.45, 7) is 2.94. The maximum Gasteiger partial charge on any atom is 0.325 e. The lowest BCUT2D eigenvalue weighted by molar-refractivity contribution is -0.135. The number of urea groups is 1. The van der Waals surface area contributed by atoms with Crippen molar-refractivity contribution < 1.29 is 18.8 Å². The number of nitrogens with zero attached hydrogens (tertiary/aromatic N) is 2. The standard InChI is InChI=1S/C17H18N4O4/c1-11(12-6-5-9-25-12)19-14(22)10-21-15(23)17(2,20-16(21)24)13-7-3-4-8-18-13/h3-9,11H,10H2,1-2H3,(H,19,22)(H,20,24)/t11-,17+/m1/s1. The summed E-state index contributed by atoms with van der Waals surface area (Å²) in [5.74, 6) is -0.390. The number of amides is 4. The number of nitrogens with one attached hydrogen (secondary N) is 2. The first-order valence-electron chi connectivity index (χ1n) is 7.80. The molecule has 2 N–H and O–H groups in total. The van der Waals surface area contributed by atoms with Crippen LogP contribution in [0.1, 0.15) is 31.3 Å². The second kappa shape index (κ2) is 6.39. The van der Waals surface area contributed by atoms with E-state index >= 15 is 0 Å². The van der Waals surface area contributed by atoms with E-state index in [2.05, 4.69) is 15.6 Å². The van der Waals surface area contributed by atoms with Crippen LogP contribution in [-0.2, 0) is 15.1 Å². The Morgan fingerprint density at radius 3 is 2.80 bits per heavy atom. The van der Waals surface area contributed by atoms with Crippen LogP contribution in [0.4, 0.5) is 4.79 Å². The van der Waals surface area contributed by atoms with Crippen LogP contribution >= 0.6 is 0 Å². The summed E-state index contributed by atoms with van der Waals surface area (Å²) >= 11 is 0.